The van der Waals surface area contributed by atoms with E-state index in [0.29, 0.717) is 11.3 Å². The topological polar surface area (TPSA) is 88.1 Å². The maximum atomic E-state index is 13.2. The van der Waals surface area contributed by atoms with Gasteiger partial charge >= 0.3 is 6.03 Å². The summed E-state index contributed by atoms with van der Waals surface area (Å²) < 4.78 is 14.9. The molecule has 8 heteroatoms. The number of aromatic nitrogens is 2. The van der Waals surface area contributed by atoms with Crippen LogP contribution in [0.5, 0.6) is 0 Å². The second-order valence-electron chi connectivity index (χ2n) is 7.72. The fourth-order valence-corrected chi connectivity index (χ4v) is 3.33. The molecule has 4 rings (SSSR count). The van der Waals surface area contributed by atoms with Crippen molar-refractivity contribution in [3.63, 3.8) is 0 Å². The van der Waals surface area contributed by atoms with E-state index in [-0.39, 0.29) is 29.8 Å². The van der Waals surface area contributed by atoms with E-state index in [1.165, 1.54) is 12.1 Å². The largest absolute Gasteiger partial charge is 0.345 e. The Hall–Kier alpha value is -3.68. The number of nitrogens with one attached hydrogen (secondary N) is 3. The summed E-state index contributed by atoms with van der Waals surface area (Å²) in [6.45, 7) is 3.79. The van der Waals surface area contributed by atoms with Crippen LogP contribution in [-0.4, -0.2) is 27.8 Å². The van der Waals surface area contributed by atoms with Crippen LogP contribution in [0.2, 0.25) is 0 Å². The van der Waals surface area contributed by atoms with Crippen molar-refractivity contribution in [2.45, 2.75) is 38.8 Å². The molecule has 160 valence electrons. The van der Waals surface area contributed by atoms with E-state index in [9.17, 15) is 14.0 Å². The highest BCUT2D eigenvalue weighted by Gasteiger charge is 2.23. The van der Waals surface area contributed by atoms with Gasteiger partial charge in [-0.05, 0) is 75.2 Å². The number of nitrogens with zero attached hydrogens (tertiary/aromatic N) is 2. The van der Waals surface area contributed by atoms with Crippen molar-refractivity contribution in [1.29, 1.82) is 0 Å². The first-order chi connectivity index (χ1) is 14.9. The van der Waals surface area contributed by atoms with Crippen LogP contribution in [-0.2, 0) is 0 Å². The Morgan fingerprint density at radius 2 is 1.77 bits per heavy atom. The van der Waals surface area contributed by atoms with E-state index in [1.54, 1.807) is 47.3 Å². The van der Waals surface area contributed by atoms with Gasteiger partial charge in [0.2, 0.25) is 0 Å². The van der Waals surface area contributed by atoms with E-state index >= 15 is 0 Å². The Labute approximate surface area is 179 Å². The van der Waals surface area contributed by atoms with E-state index in [1.807, 2.05) is 13.8 Å². The predicted octanol–water partition coefficient (Wildman–Crippen LogP) is 4.09. The Kier molecular flexibility index (Phi) is 5.70. The van der Waals surface area contributed by atoms with Crippen LogP contribution in [0.15, 0.2) is 54.7 Å². The molecular weight excluding hydrogens is 397 g/mol. The molecule has 1 aliphatic rings. The first-order valence-corrected chi connectivity index (χ1v) is 10.2. The SMILES string of the molecule is Cc1c(C(C)NC(=O)c2ccc(NC(=O)NC3CC3)cc2)cnn1-c1ccc(F)cc1. The average Bonchev–Trinajstić information content (AvgIpc) is 3.47. The van der Waals surface area contributed by atoms with Crippen molar-refractivity contribution in [2.75, 3.05) is 5.32 Å². The summed E-state index contributed by atoms with van der Waals surface area (Å²) in [6, 6.07) is 12.6. The van der Waals surface area contributed by atoms with Gasteiger partial charge in [-0.1, -0.05) is 0 Å². The van der Waals surface area contributed by atoms with Gasteiger partial charge in [0, 0.05) is 28.6 Å². The van der Waals surface area contributed by atoms with Gasteiger partial charge in [-0.15, -0.1) is 0 Å². The maximum absolute atomic E-state index is 13.2. The quantitative estimate of drug-likeness (QED) is 0.560. The Morgan fingerprint density at radius 3 is 2.42 bits per heavy atom. The number of benzene rings is 2. The molecule has 1 unspecified atom stereocenters. The highest BCUT2D eigenvalue weighted by molar-refractivity contribution is 5.95. The van der Waals surface area contributed by atoms with Crippen LogP contribution in [0, 0.1) is 12.7 Å². The van der Waals surface area contributed by atoms with Crippen LogP contribution >= 0.6 is 0 Å². The van der Waals surface area contributed by atoms with Gasteiger partial charge in [0.05, 0.1) is 17.9 Å². The molecule has 3 N–H and O–H groups in total. The van der Waals surface area contributed by atoms with Crippen molar-refractivity contribution in [3.8, 4) is 5.69 Å². The van der Waals surface area contributed by atoms with Gasteiger partial charge in [0.25, 0.3) is 5.91 Å². The third kappa shape index (κ3) is 4.91. The minimum atomic E-state index is -0.306. The lowest BCUT2D eigenvalue weighted by Gasteiger charge is -2.15. The lowest BCUT2D eigenvalue weighted by Crippen LogP contribution is -2.30. The summed E-state index contributed by atoms with van der Waals surface area (Å²) in [4.78, 5) is 24.5. The zero-order valence-electron chi connectivity index (χ0n) is 17.4. The highest BCUT2D eigenvalue weighted by atomic mass is 19.1. The number of hydrogen-bond donors (Lipinski definition) is 3. The maximum Gasteiger partial charge on any atom is 0.319 e. The second kappa shape index (κ2) is 8.59. The third-order valence-corrected chi connectivity index (χ3v) is 5.25. The van der Waals surface area contributed by atoms with Crippen molar-refractivity contribution in [3.05, 3.63) is 77.4 Å². The number of hydrogen-bond acceptors (Lipinski definition) is 3. The van der Waals surface area contributed by atoms with Crippen LogP contribution in [0.1, 0.15) is 47.4 Å². The van der Waals surface area contributed by atoms with Gasteiger partial charge in [-0.25, -0.2) is 13.9 Å². The highest BCUT2D eigenvalue weighted by Crippen LogP contribution is 2.21. The normalized spacial score (nSPS) is 14.0. The van der Waals surface area contributed by atoms with E-state index in [4.69, 9.17) is 0 Å². The molecule has 1 saturated carbocycles. The van der Waals surface area contributed by atoms with E-state index in [0.717, 1.165) is 29.8 Å². The van der Waals surface area contributed by atoms with E-state index < -0.39 is 0 Å². The Bertz CT molecular complexity index is 1090. The number of carbonyl (C=O) groups is 2. The number of rotatable bonds is 6. The smallest absolute Gasteiger partial charge is 0.319 e. The fraction of sp³-hybridized carbons (Fsp3) is 0.261. The van der Waals surface area contributed by atoms with Crippen LogP contribution in [0.25, 0.3) is 5.69 Å². The van der Waals surface area contributed by atoms with Gasteiger partial charge in [-0.3, -0.25) is 4.79 Å². The molecular formula is C23H24FN5O2. The first kappa shape index (κ1) is 20.6. The molecule has 1 aromatic heterocycles. The molecule has 31 heavy (non-hydrogen) atoms. The van der Waals surface area contributed by atoms with Gasteiger partial charge in [0.15, 0.2) is 0 Å². The van der Waals surface area contributed by atoms with Crippen molar-refractivity contribution in [2.24, 2.45) is 0 Å². The summed E-state index contributed by atoms with van der Waals surface area (Å²) >= 11 is 0. The number of anilines is 1. The molecule has 3 aromatic rings. The minimum Gasteiger partial charge on any atom is -0.345 e. The average molecular weight is 421 g/mol. The first-order valence-electron chi connectivity index (χ1n) is 10.2. The number of urea groups is 1. The third-order valence-electron chi connectivity index (χ3n) is 5.25. The molecule has 0 radical (unpaired) electrons. The molecule has 0 aliphatic heterocycles. The molecule has 0 bridgehead atoms. The summed E-state index contributed by atoms with van der Waals surface area (Å²) in [6.07, 6.45) is 3.75. The minimum absolute atomic E-state index is 0.226. The summed E-state index contributed by atoms with van der Waals surface area (Å²) in [7, 11) is 0. The van der Waals surface area contributed by atoms with Gasteiger partial charge in [0.1, 0.15) is 5.82 Å². The standard InChI is InChI=1S/C23H24FN5O2/c1-14(21-13-25-29(15(21)2)20-11-5-17(24)6-12-20)26-22(30)16-3-7-18(8-4-16)27-23(31)28-19-9-10-19/h3-8,11-14,19H,9-10H2,1-2H3,(H,26,30)(H2,27,28,31). The molecule has 1 atom stereocenters. The molecule has 1 heterocycles. The summed E-state index contributed by atoms with van der Waals surface area (Å²) in [5, 5.41) is 13.0. The zero-order chi connectivity index (χ0) is 22.0. The van der Waals surface area contributed by atoms with Crippen LogP contribution in [0.4, 0.5) is 14.9 Å². The molecule has 1 fully saturated rings. The number of halogens is 1. The fourth-order valence-electron chi connectivity index (χ4n) is 3.33. The molecule has 3 amide bonds. The summed E-state index contributed by atoms with van der Waals surface area (Å²) in [5.41, 5.74) is 3.59. The lowest BCUT2D eigenvalue weighted by atomic mass is 10.1. The van der Waals surface area contributed by atoms with Gasteiger partial charge < -0.3 is 16.0 Å². The van der Waals surface area contributed by atoms with Crippen molar-refractivity contribution in [1.82, 2.24) is 20.4 Å². The molecule has 0 saturated heterocycles. The van der Waals surface area contributed by atoms with Gasteiger partial charge in [-0.2, -0.15) is 5.10 Å². The number of carbonyl (C=O) groups excluding carboxylic acids is 2. The van der Waals surface area contributed by atoms with Crippen LogP contribution in [0.3, 0.4) is 0 Å². The molecule has 7 nitrogen and oxygen atoms in total. The van der Waals surface area contributed by atoms with Crippen molar-refractivity contribution < 1.29 is 14.0 Å². The van der Waals surface area contributed by atoms with Crippen LogP contribution < -0.4 is 16.0 Å². The number of amides is 3. The Morgan fingerprint density at radius 1 is 1.10 bits per heavy atom. The monoisotopic (exact) mass is 421 g/mol. The second-order valence-corrected chi connectivity index (χ2v) is 7.72. The molecule has 0 spiro atoms. The van der Waals surface area contributed by atoms with Crippen molar-refractivity contribution >= 4 is 17.6 Å². The van der Waals surface area contributed by atoms with E-state index in [2.05, 4.69) is 21.0 Å². The summed E-state index contributed by atoms with van der Waals surface area (Å²) in [5.74, 6) is -0.533. The Balaban J connectivity index is 1.39. The zero-order valence-corrected chi connectivity index (χ0v) is 17.4. The molecule has 2 aromatic carbocycles. The molecule has 1 aliphatic carbocycles. The lowest BCUT2D eigenvalue weighted by molar-refractivity contribution is 0.0940. The predicted molar refractivity (Wildman–Crippen MR) is 116 cm³/mol.